The van der Waals surface area contributed by atoms with Crippen molar-refractivity contribution in [2.45, 2.75) is 19.8 Å². The summed E-state index contributed by atoms with van der Waals surface area (Å²) in [6.07, 6.45) is 1.98. The molecule has 1 amide bonds. The summed E-state index contributed by atoms with van der Waals surface area (Å²) < 4.78 is 0. The number of halogens is 1. The van der Waals surface area contributed by atoms with Crippen molar-refractivity contribution in [1.82, 2.24) is 0 Å². The van der Waals surface area contributed by atoms with Gasteiger partial charge in [-0.1, -0.05) is 23.7 Å². The fraction of sp³-hybridized carbons (Fsp3) is 0.235. The van der Waals surface area contributed by atoms with Gasteiger partial charge in [0.15, 0.2) is 0 Å². The largest absolute Gasteiger partial charge is 0.385 e. The van der Waals surface area contributed by atoms with Gasteiger partial charge in [0.2, 0.25) is 0 Å². The molecule has 0 aliphatic carbocycles. The highest BCUT2D eigenvalue weighted by Gasteiger charge is 2.17. The highest BCUT2D eigenvalue weighted by molar-refractivity contribution is 6.31. The van der Waals surface area contributed by atoms with Gasteiger partial charge < -0.3 is 10.6 Å². The van der Waals surface area contributed by atoms with Gasteiger partial charge in [-0.15, -0.1) is 0 Å². The zero-order chi connectivity index (χ0) is 14.8. The molecule has 0 radical (unpaired) electrons. The smallest absolute Gasteiger partial charge is 0.256 e. The van der Waals surface area contributed by atoms with Crippen LogP contribution in [0.3, 0.4) is 0 Å². The Bertz CT molecular complexity index is 697. The second-order valence-electron chi connectivity index (χ2n) is 5.28. The van der Waals surface area contributed by atoms with E-state index in [9.17, 15) is 4.79 Å². The summed E-state index contributed by atoms with van der Waals surface area (Å²) in [5, 5.41) is 6.92. The molecule has 3 rings (SSSR count). The van der Waals surface area contributed by atoms with Crippen LogP contribution in [0.4, 0.5) is 11.4 Å². The maximum absolute atomic E-state index is 12.5. The van der Waals surface area contributed by atoms with E-state index >= 15 is 0 Å². The first-order valence-electron chi connectivity index (χ1n) is 7.08. The first kappa shape index (κ1) is 14.0. The zero-order valence-electron chi connectivity index (χ0n) is 11.9. The molecule has 2 aromatic rings. The molecule has 0 spiro atoms. The summed E-state index contributed by atoms with van der Waals surface area (Å²) in [5.41, 5.74) is 4.61. The number of carbonyl (C=O) groups excluding carboxylic acids is 1. The monoisotopic (exact) mass is 300 g/mol. The van der Waals surface area contributed by atoms with E-state index in [1.807, 2.05) is 37.3 Å². The average Bonchev–Trinajstić information content (AvgIpc) is 2.50. The van der Waals surface area contributed by atoms with E-state index in [0.717, 1.165) is 47.5 Å². The van der Waals surface area contributed by atoms with Crippen molar-refractivity contribution in [2.75, 3.05) is 17.2 Å². The fourth-order valence-corrected chi connectivity index (χ4v) is 2.77. The molecule has 1 heterocycles. The van der Waals surface area contributed by atoms with Crippen LogP contribution in [-0.2, 0) is 6.42 Å². The number of benzene rings is 2. The highest BCUT2D eigenvalue weighted by Crippen LogP contribution is 2.26. The molecule has 0 saturated carbocycles. The van der Waals surface area contributed by atoms with E-state index in [4.69, 9.17) is 11.6 Å². The van der Waals surface area contributed by atoms with Gasteiger partial charge in [-0.25, -0.2) is 0 Å². The van der Waals surface area contributed by atoms with Crippen LogP contribution in [0.5, 0.6) is 0 Å². The molecule has 0 bridgehead atoms. The number of anilines is 2. The lowest BCUT2D eigenvalue weighted by Crippen LogP contribution is -2.19. The molecule has 2 aromatic carbocycles. The molecular formula is C17H17ClN2O. The van der Waals surface area contributed by atoms with Crippen LogP contribution in [0, 0.1) is 6.92 Å². The third kappa shape index (κ3) is 2.88. The van der Waals surface area contributed by atoms with Gasteiger partial charge in [-0.2, -0.15) is 0 Å². The van der Waals surface area contributed by atoms with Crippen LogP contribution in [0.2, 0.25) is 5.02 Å². The maximum Gasteiger partial charge on any atom is 0.256 e. The molecule has 108 valence electrons. The lowest BCUT2D eigenvalue weighted by molar-refractivity contribution is 0.102. The minimum absolute atomic E-state index is 0.0875. The molecule has 1 aliphatic rings. The maximum atomic E-state index is 12.5. The quantitative estimate of drug-likeness (QED) is 0.870. The zero-order valence-corrected chi connectivity index (χ0v) is 12.6. The molecule has 0 saturated heterocycles. The summed E-state index contributed by atoms with van der Waals surface area (Å²) in [6.45, 7) is 2.90. The topological polar surface area (TPSA) is 41.1 Å². The van der Waals surface area contributed by atoms with E-state index in [1.54, 1.807) is 6.07 Å². The molecule has 3 nitrogen and oxygen atoms in total. The molecule has 0 fully saturated rings. The Balaban J connectivity index is 1.87. The number of hydrogen-bond donors (Lipinski definition) is 2. The van der Waals surface area contributed by atoms with Gasteiger partial charge in [0, 0.05) is 28.5 Å². The first-order chi connectivity index (χ1) is 10.1. The van der Waals surface area contributed by atoms with Gasteiger partial charge in [-0.05, 0) is 55.2 Å². The van der Waals surface area contributed by atoms with Gasteiger partial charge in [0.05, 0.1) is 0 Å². The van der Waals surface area contributed by atoms with Crippen LogP contribution >= 0.6 is 11.6 Å². The Morgan fingerprint density at radius 1 is 1.29 bits per heavy atom. The Labute approximate surface area is 129 Å². The van der Waals surface area contributed by atoms with E-state index in [-0.39, 0.29) is 5.91 Å². The second kappa shape index (κ2) is 5.78. The Morgan fingerprint density at radius 3 is 2.95 bits per heavy atom. The number of fused-ring (bicyclic) bond motifs is 1. The summed E-state index contributed by atoms with van der Waals surface area (Å²) in [5.74, 6) is -0.0875. The predicted octanol–water partition coefficient (Wildman–Crippen LogP) is 4.26. The number of aryl methyl sites for hydroxylation is 1. The number of hydrogen-bond acceptors (Lipinski definition) is 2. The molecule has 0 unspecified atom stereocenters. The van der Waals surface area contributed by atoms with Gasteiger partial charge in [0.1, 0.15) is 0 Å². The van der Waals surface area contributed by atoms with Crippen molar-refractivity contribution in [1.29, 1.82) is 0 Å². The van der Waals surface area contributed by atoms with Crippen LogP contribution in [-0.4, -0.2) is 12.5 Å². The van der Waals surface area contributed by atoms with Crippen molar-refractivity contribution >= 4 is 28.9 Å². The van der Waals surface area contributed by atoms with Crippen molar-refractivity contribution in [3.63, 3.8) is 0 Å². The third-order valence-electron chi connectivity index (χ3n) is 3.77. The van der Waals surface area contributed by atoms with Crippen LogP contribution < -0.4 is 10.6 Å². The molecule has 1 aliphatic heterocycles. The Hall–Kier alpha value is -2.00. The number of amides is 1. The summed E-state index contributed by atoms with van der Waals surface area (Å²) in [6, 6.07) is 11.4. The standard InChI is InChI=1S/C17H17ClN2O/c1-11-7-8-12(10-15(11)18)20-17(21)14-4-2-6-16-13(14)5-3-9-19-16/h2,4,6-8,10,19H,3,5,9H2,1H3,(H,20,21). The predicted molar refractivity (Wildman–Crippen MR) is 87.4 cm³/mol. The van der Waals surface area contributed by atoms with Gasteiger partial charge in [0.25, 0.3) is 5.91 Å². The first-order valence-corrected chi connectivity index (χ1v) is 7.46. The number of carbonyl (C=O) groups is 1. The lowest BCUT2D eigenvalue weighted by Gasteiger charge is -2.20. The lowest BCUT2D eigenvalue weighted by atomic mass is 9.97. The summed E-state index contributed by atoms with van der Waals surface area (Å²) >= 11 is 6.10. The molecule has 0 atom stereocenters. The van der Waals surface area contributed by atoms with Gasteiger partial charge >= 0.3 is 0 Å². The minimum Gasteiger partial charge on any atom is -0.385 e. The Morgan fingerprint density at radius 2 is 2.14 bits per heavy atom. The third-order valence-corrected chi connectivity index (χ3v) is 4.18. The molecule has 21 heavy (non-hydrogen) atoms. The normalized spacial score (nSPS) is 13.2. The van der Waals surface area contributed by atoms with Crippen molar-refractivity contribution < 1.29 is 4.79 Å². The SMILES string of the molecule is Cc1ccc(NC(=O)c2cccc3c2CCCN3)cc1Cl. The Kier molecular flexibility index (Phi) is 3.84. The summed E-state index contributed by atoms with van der Waals surface area (Å²) in [4.78, 5) is 12.5. The van der Waals surface area contributed by atoms with Crippen molar-refractivity contribution in [3.8, 4) is 0 Å². The second-order valence-corrected chi connectivity index (χ2v) is 5.69. The average molecular weight is 301 g/mol. The van der Waals surface area contributed by atoms with Gasteiger partial charge in [-0.3, -0.25) is 4.79 Å². The van der Waals surface area contributed by atoms with E-state index in [1.165, 1.54) is 0 Å². The van der Waals surface area contributed by atoms with Crippen LogP contribution in [0.15, 0.2) is 36.4 Å². The number of rotatable bonds is 2. The van der Waals surface area contributed by atoms with Crippen molar-refractivity contribution in [2.24, 2.45) is 0 Å². The van der Waals surface area contributed by atoms with Crippen molar-refractivity contribution in [3.05, 3.63) is 58.1 Å². The molecule has 2 N–H and O–H groups in total. The van der Waals surface area contributed by atoms with Crippen LogP contribution in [0.1, 0.15) is 27.9 Å². The number of nitrogens with one attached hydrogen (secondary N) is 2. The summed E-state index contributed by atoms with van der Waals surface area (Å²) in [7, 11) is 0. The molecule has 0 aromatic heterocycles. The van der Waals surface area contributed by atoms with E-state index in [2.05, 4.69) is 10.6 Å². The van der Waals surface area contributed by atoms with E-state index in [0.29, 0.717) is 5.02 Å². The van der Waals surface area contributed by atoms with Crippen LogP contribution in [0.25, 0.3) is 0 Å². The highest BCUT2D eigenvalue weighted by atomic mass is 35.5. The fourth-order valence-electron chi connectivity index (χ4n) is 2.59. The molecular weight excluding hydrogens is 284 g/mol. The van der Waals surface area contributed by atoms with E-state index < -0.39 is 0 Å². The minimum atomic E-state index is -0.0875. The molecule has 4 heteroatoms.